The molecule has 0 saturated heterocycles. The zero-order valence-electron chi connectivity index (χ0n) is 8.30. The Kier molecular flexibility index (Phi) is 4.52. The summed E-state index contributed by atoms with van der Waals surface area (Å²) >= 11 is 3.22. The summed E-state index contributed by atoms with van der Waals surface area (Å²) in [5, 5.41) is 27.6. The average Bonchev–Trinajstić information content (AvgIpc) is 2.21. The van der Waals surface area contributed by atoms with Crippen molar-refractivity contribution in [3.05, 3.63) is 40.4 Å². The Morgan fingerprint density at radius 3 is 2.81 bits per heavy atom. The lowest BCUT2D eigenvalue weighted by Gasteiger charge is -2.10. The van der Waals surface area contributed by atoms with Crippen LogP contribution in [0.25, 0.3) is 0 Å². The number of carbonyl (C=O) groups is 1. The first kappa shape index (κ1) is 12.7. The molecular weight excluding hydrogens is 276 g/mol. The number of hydrogen-bond donors (Lipinski definition) is 3. The molecule has 1 aromatic rings. The van der Waals surface area contributed by atoms with Crippen LogP contribution in [0.3, 0.4) is 0 Å². The zero-order chi connectivity index (χ0) is 12.1. The molecule has 4 nitrogen and oxygen atoms in total. The summed E-state index contributed by atoms with van der Waals surface area (Å²) in [6.07, 6.45) is 1.51. The van der Waals surface area contributed by atoms with Crippen LogP contribution in [0.1, 0.15) is 18.1 Å². The third-order valence-electron chi connectivity index (χ3n) is 1.97. The van der Waals surface area contributed by atoms with E-state index in [0.717, 1.165) is 10.5 Å². The molecule has 0 aromatic heterocycles. The first-order valence-electron chi connectivity index (χ1n) is 4.56. The van der Waals surface area contributed by atoms with Crippen molar-refractivity contribution in [3.63, 3.8) is 0 Å². The summed E-state index contributed by atoms with van der Waals surface area (Å²) < 4.78 is 0.738. The predicted octanol–water partition coefficient (Wildman–Crippen LogP) is 2.22. The number of carboxylic acid groups (broad SMARTS) is 1. The van der Waals surface area contributed by atoms with Gasteiger partial charge >= 0.3 is 5.97 Å². The van der Waals surface area contributed by atoms with Crippen LogP contribution in [-0.4, -0.2) is 21.3 Å². The molecule has 0 bridgehead atoms. The molecule has 0 aliphatic carbocycles. The van der Waals surface area contributed by atoms with Gasteiger partial charge < -0.3 is 15.3 Å². The number of hydrogen-bond acceptors (Lipinski definition) is 3. The van der Waals surface area contributed by atoms with Crippen molar-refractivity contribution in [1.82, 2.24) is 0 Å². The smallest absolute Gasteiger partial charge is 0.327 e. The second-order valence-corrected chi connectivity index (χ2v) is 4.11. The lowest BCUT2D eigenvalue weighted by Crippen LogP contribution is -1.97. The number of aliphatic hydroxyl groups is 1. The largest absolute Gasteiger partial charge is 0.508 e. The molecule has 0 aliphatic heterocycles. The molecule has 0 amide bonds. The molecular formula is C11H11BrO4. The molecule has 3 N–H and O–H groups in total. The van der Waals surface area contributed by atoms with Crippen molar-refractivity contribution in [3.8, 4) is 5.75 Å². The Bertz CT molecular complexity index is 414. The average molecular weight is 287 g/mol. The minimum Gasteiger partial charge on any atom is -0.508 e. The fourth-order valence-corrected chi connectivity index (χ4v) is 1.60. The van der Waals surface area contributed by atoms with Crippen molar-refractivity contribution in [1.29, 1.82) is 0 Å². The van der Waals surface area contributed by atoms with Crippen LogP contribution in [0.5, 0.6) is 5.75 Å². The van der Waals surface area contributed by atoms with Gasteiger partial charge in [0, 0.05) is 16.1 Å². The SMILES string of the molecule is O=C(O)/C=C/C[C@H](O)c1cc(Br)ccc1O. The number of aliphatic hydroxyl groups excluding tert-OH is 1. The molecule has 0 heterocycles. The highest BCUT2D eigenvalue weighted by molar-refractivity contribution is 9.10. The van der Waals surface area contributed by atoms with Gasteiger partial charge in [-0.05, 0) is 24.6 Å². The van der Waals surface area contributed by atoms with E-state index in [-0.39, 0.29) is 12.2 Å². The van der Waals surface area contributed by atoms with Gasteiger partial charge in [0.1, 0.15) is 5.75 Å². The fraction of sp³-hybridized carbons (Fsp3) is 0.182. The van der Waals surface area contributed by atoms with Crippen LogP contribution in [0.4, 0.5) is 0 Å². The van der Waals surface area contributed by atoms with Crippen LogP contribution < -0.4 is 0 Å². The number of benzene rings is 1. The normalized spacial score (nSPS) is 12.9. The number of carboxylic acids is 1. The minimum absolute atomic E-state index is 0.0144. The van der Waals surface area contributed by atoms with Crippen LogP contribution in [-0.2, 0) is 4.79 Å². The molecule has 16 heavy (non-hydrogen) atoms. The van der Waals surface area contributed by atoms with Crippen molar-refractivity contribution in [2.45, 2.75) is 12.5 Å². The summed E-state index contributed by atoms with van der Waals surface area (Å²) in [7, 11) is 0. The highest BCUT2D eigenvalue weighted by Crippen LogP contribution is 2.29. The molecule has 0 spiro atoms. The summed E-state index contributed by atoms with van der Waals surface area (Å²) in [6, 6.07) is 4.71. The van der Waals surface area contributed by atoms with Crippen LogP contribution in [0, 0.1) is 0 Å². The molecule has 1 rings (SSSR count). The van der Waals surface area contributed by atoms with E-state index in [1.54, 1.807) is 12.1 Å². The van der Waals surface area contributed by atoms with Crippen molar-refractivity contribution >= 4 is 21.9 Å². The van der Waals surface area contributed by atoms with E-state index in [0.29, 0.717) is 5.56 Å². The maximum atomic E-state index is 10.2. The molecule has 0 unspecified atom stereocenters. The summed E-state index contributed by atoms with van der Waals surface area (Å²) in [4.78, 5) is 10.2. The van der Waals surface area contributed by atoms with Gasteiger partial charge in [-0.25, -0.2) is 4.79 Å². The third-order valence-corrected chi connectivity index (χ3v) is 2.46. The third kappa shape index (κ3) is 3.67. The maximum absolute atomic E-state index is 10.2. The quantitative estimate of drug-likeness (QED) is 0.742. The van der Waals surface area contributed by atoms with Crippen LogP contribution >= 0.6 is 15.9 Å². The molecule has 0 aliphatic rings. The second kappa shape index (κ2) is 5.67. The lowest BCUT2D eigenvalue weighted by molar-refractivity contribution is -0.131. The van der Waals surface area contributed by atoms with Crippen LogP contribution in [0.15, 0.2) is 34.8 Å². The topological polar surface area (TPSA) is 77.8 Å². The Balaban J connectivity index is 2.76. The van der Waals surface area contributed by atoms with E-state index in [1.165, 1.54) is 12.1 Å². The molecule has 86 valence electrons. The van der Waals surface area contributed by atoms with E-state index in [2.05, 4.69) is 15.9 Å². The Hall–Kier alpha value is -1.33. The van der Waals surface area contributed by atoms with Crippen molar-refractivity contribution in [2.24, 2.45) is 0 Å². The second-order valence-electron chi connectivity index (χ2n) is 3.20. The Morgan fingerprint density at radius 2 is 2.19 bits per heavy atom. The van der Waals surface area contributed by atoms with Gasteiger partial charge in [0.15, 0.2) is 0 Å². The van der Waals surface area contributed by atoms with Gasteiger partial charge in [-0.2, -0.15) is 0 Å². The number of phenolic OH excluding ortho intramolecular Hbond substituents is 1. The number of halogens is 1. The molecule has 5 heteroatoms. The Morgan fingerprint density at radius 1 is 1.50 bits per heavy atom. The van der Waals surface area contributed by atoms with Crippen molar-refractivity contribution < 1.29 is 20.1 Å². The number of phenols is 1. The first-order valence-corrected chi connectivity index (χ1v) is 5.36. The van der Waals surface area contributed by atoms with Gasteiger partial charge in [-0.1, -0.05) is 22.0 Å². The molecule has 1 aromatic carbocycles. The van der Waals surface area contributed by atoms with Crippen molar-refractivity contribution in [2.75, 3.05) is 0 Å². The van der Waals surface area contributed by atoms with Gasteiger partial charge in [-0.3, -0.25) is 0 Å². The number of rotatable bonds is 4. The Labute approximate surface area is 101 Å². The van der Waals surface area contributed by atoms with E-state index >= 15 is 0 Å². The molecule has 0 saturated carbocycles. The number of aliphatic carboxylic acids is 1. The minimum atomic E-state index is -1.06. The fourth-order valence-electron chi connectivity index (χ4n) is 1.22. The van der Waals surface area contributed by atoms with E-state index in [9.17, 15) is 15.0 Å². The molecule has 0 radical (unpaired) electrons. The van der Waals surface area contributed by atoms with Gasteiger partial charge in [-0.15, -0.1) is 0 Å². The van der Waals surface area contributed by atoms with Gasteiger partial charge in [0.25, 0.3) is 0 Å². The van der Waals surface area contributed by atoms with Gasteiger partial charge in [0.05, 0.1) is 6.10 Å². The summed E-state index contributed by atoms with van der Waals surface area (Å²) in [5.74, 6) is -1.08. The zero-order valence-corrected chi connectivity index (χ0v) is 9.89. The monoisotopic (exact) mass is 286 g/mol. The first-order chi connectivity index (χ1) is 7.50. The summed E-state index contributed by atoms with van der Waals surface area (Å²) in [5.41, 5.74) is 0.365. The standard InChI is InChI=1S/C11H11BrO4/c12-7-4-5-10(14)8(6-7)9(13)2-1-3-11(15)16/h1,3-6,9,13-14H,2H2,(H,15,16)/b3-1+/t9-/m0/s1. The van der Waals surface area contributed by atoms with E-state index in [1.807, 2.05) is 0 Å². The predicted molar refractivity (Wildman–Crippen MR) is 62.2 cm³/mol. The number of aromatic hydroxyl groups is 1. The summed E-state index contributed by atoms with van der Waals surface area (Å²) in [6.45, 7) is 0. The van der Waals surface area contributed by atoms with E-state index in [4.69, 9.17) is 5.11 Å². The highest BCUT2D eigenvalue weighted by Gasteiger charge is 2.11. The maximum Gasteiger partial charge on any atom is 0.327 e. The molecule has 0 fully saturated rings. The van der Waals surface area contributed by atoms with E-state index < -0.39 is 12.1 Å². The van der Waals surface area contributed by atoms with Gasteiger partial charge in [0.2, 0.25) is 0 Å². The van der Waals surface area contributed by atoms with Crippen LogP contribution in [0.2, 0.25) is 0 Å². The molecule has 1 atom stereocenters. The lowest BCUT2D eigenvalue weighted by atomic mass is 10.1. The highest BCUT2D eigenvalue weighted by atomic mass is 79.9.